The summed E-state index contributed by atoms with van der Waals surface area (Å²) in [7, 11) is 1.90. The predicted octanol–water partition coefficient (Wildman–Crippen LogP) is -0.0933. The van der Waals surface area contributed by atoms with E-state index < -0.39 is 0 Å². The Labute approximate surface area is 108 Å². The van der Waals surface area contributed by atoms with Crippen LogP contribution in [0.2, 0.25) is 0 Å². The first-order valence-electron chi connectivity index (χ1n) is 6.20. The van der Waals surface area contributed by atoms with E-state index >= 15 is 0 Å². The van der Waals surface area contributed by atoms with Crippen molar-refractivity contribution >= 4 is 5.96 Å². The van der Waals surface area contributed by atoms with E-state index in [1.54, 1.807) is 6.33 Å². The lowest BCUT2D eigenvalue weighted by molar-refractivity contribution is 0.152. The van der Waals surface area contributed by atoms with Crippen molar-refractivity contribution < 1.29 is 4.74 Å². The van der Waals surface area contributed by atoms with Gasteiger partial charge in [0, 0.05) is 26.7 Å². The fourth-order valence-electron chi connectivity index (χ4n) is 1.33. The van der Waals surface area contributed by atoms with Crippen LogP contribution in [-0.2, 0) is 18.3 Å². The van der Waals surface area contributed by atoms with Gasteiger partial charge >= 0.3 is 0 Å². The SMILES string of the molecule is CCNC(=NCc1nncn1C)NCCOCC. The highest BCUT2D eigenvalue weighted by Crippen LogP contribution is 1.93. The second kappa shape index (κ2) is 8.46. The molecule has 0 saturated carbocycles. The van der Waals surface area contributed by atoms with E-state index in [9.17, 15) is 0 Å². The van der Waals surface area contributed by atoms with Gasteiger partial charge in [0.25, 0.3) is 0 Å². The summed E-state index contributed by atoms with van der Waals surface area (Å²) in [6, 6.07) is 0. The van der Waals surface area contributed by atoms with E-state index in [2.05, 4.69) is 25.8 Å². The van der Waals surface area contributed by atoms with Crippen molar-refractivity contribution in [1.29, 1.82) is 0 Å². The van der Waals surface area contributed by atoms with Crippen LogP contribution in [0.4, 0.5) is 0 Å². The lowest BCUT2D eigenvalue weighted by atomic mass is 10.6. The molecule has 7 nitrogen and oxygen atoms in total. The van der Waals surface area contributed by atoms with E-state index in [-0.39, 0.29) is 0 Å². The molecule has 2 N–H and O–H groups in total. The van der Waals surface area contributed by atoms with E-state index in [0.717, 1.165) is 31.5 Å². The molecule has 102 valence electrons. The third-order valence-corrected chi connectivity index (χ3v) is 2.27. The first-order valence-corrected chi connectivity index (χ1v) is 6.20. The maximum absolute atomic E-state index is 5.26. The summed E-state index contributed by atoms with van der Waals surface area (Å²) in [6.07, 6.45) is 1.67. The third-order valence-electron chi connectivity index (χ3n) is 2.27. The van der Waals surface area contributed by atoms with Gasteiger partial charge in [-0.2, -0.15) is 0 Å². The highest BCUT2D eigenvalue weighted by molar-refractivity contribution is 5.79. The van der Waals surface area contributed by atoms with Gasteiger partial charge in [-0.05, 0) is 13.8 Å². The molecule has 0 aliphatic carbocycles. The van der Waals surface area contributed by atoms with Crippen LogP contribution >= 0.6 is 0 Å². The van der Waals surface area contributed by atoms with Gasteiger partial charge in [0.2, 0.25) is 0 Å². The first kappa shape index (κ1) is 14.4. The van der Waals surface area contributed by atoms with Crippen LogP contribution in [0, 0.1) is 0 Å². The average Bonchev–Trinajstić information content (AvgIpc) is 2.77. The summed E-state index contributed by atoms with van der Waals surface area (Å²) in [5.41, 5.74) is 0. The highest BCUT2D eigenvalue weighted by Gasteiger charge is 2.01. The summed E-state index contributed by atoms with van der Waals surface area (Å²) in [5.74, 6) is 1.59. The Morgan fingerprint density at radius 1 is 1.44 bits per heavy atom. The number of rotatable bonds is 7. The summed E-state index contributed by atoms with van der Waals surface area (Å²) in [6.45, 7) is 7.47. The largest absolute Gasteiger partial charge is 0.380 e. The predicted molar refractivity (Wildman–Crippen MR) is 70.3 cm³/mol. The van der Waals surface area contributed by atoms with Crippen LogP contribution < -0.4 is 10.6 Å². The van der Waals surface area contributed by atoms with Crippen molar-refractivity contribution in [3.8, 4) is 0 Å². The zero-order valence-corrected chi connectivity index (χ0v) is 11.3. The van der Waals surface area contributed by atoms with Crippen LogP contribution in [0.3, 0.4) is 0 Å². The van der Waals surface area contributed by atoms with Crippen molar-refractivity contribution in [1.82, 2.24) is 25.4 Å². The molecule has 0 atom stereocenters. The molecule has 0 fully saturated rings. The maximum atomic E-state index is 5.26. The second-order valence-corrected chi connectivity index (χ2v) is 3.68. The fourth-order valence-corrected chi connectivity index (χ4v) is 1.33. The molecule has 0 radical (unpaired) electrons. The topological polar surface area (TPSA) is 76.4 Å². The van der Waals surface area contributed by atoms with Gasteiger partial charge in [-0.1, -0.05) is 0 Å². The minimum absolute atomic E-state index is 0.500. The van der Waals surface area contributed by atoms with Crippen LogP contribution in [-0.4, -0.2) is 47.0 Å². The Morgan fingerprint density at radius 3 is 2.89 bits per heavy atom. The molecule has 0 aromatic carbocycles. The number of aliphatic imine (C=N–C) groups is 1. The summed E-state index contributed by atoms with van der Waals surface area (Å²) in [5, 5.41) is 14.2. The third kappa shape index (κ3) is 5.13. The van der Waals surface area contributed by atoms with E-state index in [0.29, 0.717) is 13.2 Å². The molecule has 18 heavy (non-hydrogen) atoms. The summed E-state index contributed by atoms with van der Waals surface area (Å²) in [4.78, 5) is 4.43. The Balaban J connectivity index is 2.42. The zero-order chi connectivity index (χ0) is 13.2. The molecule has 1 heterocycles. The molecular weight excluding hydrogens is 232 g/mol. The van der Waals surface area contributed by atoms with Crippen molar-refractivity contribution in [3.05, 3.63) is 12.2 Å². The van der Waals surface area contributed by atoms with Crippen LogP contribution in [0.5, 0.6) is 0 Å². The number of hydrogen-bond acceptors (Lipinski definition) is 4. The minimum Gasteiger partial charge on any atom is -0.380 e. The van der Waals surface area contributed by atoms with Crippen molar-refractivity contribution in [2.24, 2.45) is 12.0 Å². The number of aryl methyl sites for hydroxylation is 1. The Bertz CT molecular complexity index is 362. The van der Waals surface area contributed by atoms with Gasteiger partial charge in [-0.25, -0.2) is 4.99 Å². The lowest BCUT2D eigenvalue weighted by Gasteiger charge is -2.10. The first-order chi connectivity index (χ1) is 8.77. The number of ether oxygens (including phenoxy) is 1. The number of nitrogens with zero attached hydrogens (tertiary/aromatic N) is 4. The average molecular weight is 254 g/mol. The van der Waals surface area contributed by atoms with Gasteiger partial charge in [0.1, 0.15) is 12.9 Å². The molecule has 0 amide bonds. The molecule has 0 saturated heterocycles. The van der Waals surface area contributed by atoms with Crippen LogP contribution in [0.1, 0.15) is 19.7 Å². The molecule has 1 rings (SSSR count). The number of aromatic nitrogens is 3. The molecule has 7 heteroatoms. The van der Waals surface area contributed by atoms with Gasteiger partial charge in [0.05, 0.1) is 6.61 Å². The Kier molecular flexibility index (Phi) is 6.78. The fraction of sp³-hybridized carbons (Fsp3) is 0.727. The minimum atomic E-state index is 0.500. The number of nitrogens with one attached hydrogen (secondary N) is 2. The van der Waals surface area contributed by atoms with E-state index in [1.165, 1.54) is 0 Å². The number of guanidine groups is 1. The molecular formula is C11H22N6O. The van der Waals surface area contributed by atoms with Gasteiger partial charge in [-0.15, -0.1) is 10.2 Å². The smallest absolute Gasteiger partial charge is 0.191 e. The number of hydrogen-bond donors (Lipinski definition) is 2. The van der Waals surface area contributed by atoms with E-state index in [1.807, 2.05) is 25.5 Å². The van der Waals surface area contributed by atoms with Crippen molar-refractivity contribution in [2.75, 3.05) is 26.3 Å². The standard InChI is InChI=1S/C11H22N6O/c1-4-12-11(13-6-7-18-5-2)14-8-10-16-15-9-17(10)3/h9H,4-8H2,1-3H3,(H2,12,13,14). The van der Waals surface area contributed by atoms with Gasteiger partial charge < -0.3 is 19.9 Å². The van der Waals surface area contributed by atoms with Crippen LogP contribution in [0.15, 0.2) is 11.3 Å². The zero-order valence-electron chi connectivity index (χ0n) is 11.3. The van der Waals surface area contributed by atoms with Crippen molar-refractivity contribution in [2.45, 2.75) is 20.4 Å². The quantitative estimate of drug-likeness (QED) is 0.404. The molecule has 0 aliphatic rings. The molecule has 1 aromatic rings. The highest BCUT2D eigenvalue weighted by atomic mass is 16.5. The Morgan fingerprint density at radius 2 is 2.28 bits per heavy atom. The summed E-state index contributed by atoms with van der Waals surface area (Å²) >= 11 is 0. The van der Waals surface area contributed by atoms with Crippen molar-refractivity contribution in [3.63, 3.8) is 0 Å². The van der Waals surface area contributed by atoms with Gasteiger partial charge in [-0.3, -0.25) is 0 Å². The molecule has 1 aromatic heterocycles. The van der Waals surface area contributed by atoms with Crippen LogP contribution in [0.25, 0.3) is 0 Å². The second-order valence-electron chi connectivity index (χ2n) is 3.68. The monoisotopic (exact) mass is 254 g/mol. The molecule has 0 bridgehead atoms. The lowest BCUT2D eigenvalue weighted by Crippen LogP contribution is -2.39. The van der Waals surface area contributed by atoms with E-state index in [4.69, 9.17) is 4.74 Å². The molecule has 0 aliphatic heterocycles. The molecule has 0 unspecified atom stereocenters. The molecule has 0 spiro atoms. The Hall–Kier alpha value is -1.63. The van der Waals surface area contributed by atoms with Gasteiger partial charge in [0.15, 0.2) is 11.8 Å². The maximum Gasteiger partial charge on any atom is 0.191 e. The normalized spacial score (nSPS) is 11.6. The summed E-state index contributed by atoms with van der Waals surface area (Å²) < 4.78 is 7.11.